The van der Waals surface area contributed by atoms with Crippen molar-refractivity contribution in [3.8, 4) is 17.2 Å². The third-order valence-corrected chi connectivity index (χ3v) is 5.81. The molecular weight excluding hydrogens is 404 g/mol. The topological polar surface area (TPSA) is 58.1 Å². The summed E-state index contributed by atoms with van der Waals surface area (Å²) >= 11 is 0. The second kappa shape index (κ2) is 9.70. The van der Waals surface area contributed by atoms with Crippen molar-refractivity contribution < 1.29 is 14.3 Å². The molecule has 1 aliphatic heterocycles. The first-order chi connectivity index (χ1) is 15.6. The Kier molecular flexibility index (Phi) is 6.56. The van der Waals surface area contributed by atoms with Crippen molar-refractivity contribution in [3.63, 3.8) is 0 Å². The Hall–Kier alpha value is -3.58. The number of anilines is 3. The average Bonchev–Trinajstić information content (AvgIpc) is 3.26. The van der Waals surface area contributed by atoms with Crippen LogP contribution in [0.25, 0.3) is 0 Å². The van der Waals surface area contributed by atoms with Gasteiger partial charge in [-0.1, -0.05) is 0 Å². The van der Waals surface area contributed by atoms with Gasteiger partial charge in [-0.3, -0.25) is 9.78 Å². The zero-order chi connectivity index (χ0) is 22.5. The van der Waals surface area contributed by atoms with E-state index in [1.54, 1.807) is 19.5 Å². The van der Waals surface area contributed by atoms with Crippen LogP contribution in [0.2, 0.25) is 0 Å². The van der Waals surface area contributed by atoms with Gasteiger partial charge in [-0.05, 0) is 74.6 Å². The number of aromatic nitrogens is 1. The predicted molar refractivity (Wildman–Crippen MR) is 126 cm³/mol. The van der Waals surface area contributed by atoms with Crippen LogP contribution in [0.4, 0.5) is 17.1 Å². The number of methoxy groups -OCH3 is 1. The predicted octanol–water partition coefficient (Wildman–Crippen LogP) is 4.32. The second-order valence-corrected chi connectivity index (χ2v) is 7.91. The summed E-state index contributed by atoms with van der Waals surface area (Å²) in [6.07, 6.45) is 5.42. The molecule has 0 bridgehead atoms. The highest BCUT2D eigenvalue weighted by Crippen LogP contribution is 2.35. The quantitative estimate of drug-likeness (QED) is 0.494. The fourth-order valence-electron chi connectivity index (χ4n) is 3.99. The SMILES string of the molecule is COc1ccc(Oc2ccc(N(C)c3cnccc3N(C=O)C3CCN(C)C3)cc2)cc1. The average molecular weight is 433 g/mol. The van der Waals surface area contributed by atoms with Gasteiger partial charge in [0.1, 0.15) is 17.2 Å². The van der Waals surface area contributed by atoms with Gasteiger partial charge >= 0.3 is 0 Å². The van der Waals surface area contributed by atoms with E-state index in [9.17, 15) is 4.79 Å². The Morgan fingerprint density at radius 3 is 2.25 bits per heavy atom. The summed E-state index contributed by atoms with van der Waals surface area (Å²) in [7, 11) is 5.70. The molecule has 2 aromatic carbocycles. The van der Waals surface area contributed by atoms with Gasteiger partial charge < -0.3 is 24.2 Å². The first-order valence-electron chi connectivity index (χ1n) is 10.6. The summed E-state index contributed by atoms with van der Waals surface area (Å²) in [6, 6.07) is 17.4. The highest BCUT2D eigenvalue weighted by Gasteiger charge is 2.28. The molecule has 0 radical (unpaired) electrons. The fraction of sp³-hybridized carbons (Fsp3) is 0.280. The van der Waals surface area contributed by atoms with Crippen LogP contribution in [0, 0.1) is 0 Å². The van der Waals surface area contributed by atoms with E-state index in [2.05, 4.69) is 16.9 Å². The lowest BCUT2D eigenvalue weighted by molar-refractivity contribution is -0.107. The minimum Gasteiger partial charge on any atom is -0.497 e. The van der Waals surface area contributed by atoms with Crippen molar-refractivity contribution in [2.24, 2.45) is 0 Å². The number of amides is 1. The normalized spacial score (nSPS) is 15.9. The van der Waals surface area contributed by atoms with Crippen molar-refractivity contribution in [2.45, 2.75) is 12.5 Å². The van der Waals surface area contributed by atoms with Gasteiger partial charge in [0.05, 0.1) is 30.7 Å². The molecule has 7 heteroatoms. The number of carbonyl (C=O) groups excluding carboxylic acids is 1. The first kappa shape index (κ1) is 21.6. The Morgan fingerprint density at radius 1 is 1.00 bits per heavy atom. The molecule has 0 aliphatic carbocycles. The van der Waals surface area contributed by atoms with Crippen molar-refractivity contribution in [1.82, 2.24) is 9.88 Å². The van der Waals surface area contributed by atoms with E-state index in [0.29, 0.717) is 0 Å². The minimum atomic E-state index is 0.160. The Bertz CT molecular complexity index is 1040. The van der Waals surface area contributed by atoms with E-state index in [4.69, 9.17) is 9.47 Å². The lowest BCUT2D eigenvalue weighted by Crippen LogP contribution is -2.37. The number of likely N-dealkylation sites (tertiary alicyclic amines) is 1. The first-order valence-corrected chi connectivity index (χ1v) is 10.6. The molecule has 0 saturated carbocycles. The van der Waals surface area contributed by atoms with E-state index in [-0.39, 0.29) is 6.04 Å². The molecule has 1 unspecified atom stereocenters. The molecule has 1 aromatic heterocycles. The smallest absolute Gasteiger partial charge is 0.214 e. The van der Waals surface area contributed by atoms with E-state index in [1.807, 2.05) is 71.4 Å². The molecule has 1 saturated heterocycles. The number of benzene rings is 2. The van der Waals surface area contributed by atoms with E-state index in [0.717, 1.165) is 60.2 Å². The van der Waals surface area contributed by atoms with Crippen LogP contribution in [-0.4, -0.2) is 56.6 Å². The van der Waals surface area contributed by atoms with Crippen molar-refractivity contribution >= 4 is 23.5 Å². The number of hydrogen-bond acceptors (Lipinski definition) is 6. The van der Waals surface area contributed by atoms with Crippen LogP contribution < -0.4 is 19.3 Å². The Morgan fingerprint density at radius 2 is 1.66 bits per heavy atom. The van der Waals surface area contributed by atoms with Gasteiger partial charge in [0.25, 0.3) is 0 Å². The van der Waals surface area contributed by atoms with E-state index < -0.39 is 0 Å². The zero-order valence-electron chi connectivity index (χ0n) is 18.6. The second-order valence-electron chi connectivity index (χ2n) is 7.91. The van der Waals surface area contributed by atoms with Gasteiger partial charge in [-0.15, -0.1) is 0 Å². The molecular formula is C25H28N4O3. The number of pyridine rings is 1. The number of nitrogens with zero attached hydrogens (tertiary/aromatic N) is 4. The molecule has 0 N–H and O–H groups in total. The fourth-order valence-corrected chi connectivity index (χ4v) is 3.99. The van der Waals surface area contributed by atoms with Crippen molar-refractivity contribution in [2.75, 3.05) is 44.1 Å². The molecule has 1 aliphatic rings. The minimum absolute atomic E-state index is 0.160. The van der Waals surface area contributed by atoms with E-state index in [1.165, 1.54) is 0 Å². The molecule has 166 valence electrons. The Labute approximate surface area is 188 Å². The molecule has 1 fully saturated rings. The number of carbonyl (C=O) groups is 1. The van der Waals surface area contributed by atoms with Gasteiger partial charge in [0, 0.05) is 25.5 Å². The third kappa shape index (κ3) is 4.68. The van der Waals surface area contributed by atoms with Gasteiger partial charge in [0.15, 0.2) is 0 Å². The summed E-state index contributed by atoms with van der Waals surface area (Å²) in [5.74, 6) is 2.27. The third-order valence-electron chi connectivity index (χ3n) is 5.81. The van der Waals surface area contributed by atoms with Crippen LogP contribution in [-0.2, 0) is 4.79 Å². The molecule has 7 nitrogen and oxygen atoms in total. The standard InChI is InChI=1S/C25H28N4O3/c1-27-15-13-20(17-27)29(18-30)24-12-14-26-16-25(24)28(2)19-4-6-22(7-5-19)32-23-10-8-21(31-3)9-11-23/h4-12,14,16,18,20H,13,15,17H2,1-3H3. The highest BCUT2D eigenvalue weighted by molar-refractivity contribution is 5.86. The van der Waals surface area contributed by atoms with Crippen LogP contribution >= 0.6 is 0 Å². The number of hydrogen-bond donors (Lipinski definition) is 0. The van der Waals surface area contributed by atoms with E-state index >= 15 is 0 Å². The number of ether oxygens (including phenoxy) is 2. The summed E-state index contributed by atoms with van der Waals surface area (Å²) in [4.78, 5) is 22.4. The largest absolute Gasteiger partial charge is 0.497 e. The molecule has 0 spiro atoms. The summed E-state index contributed by atoms with van der Waals surface area (Å²) in [6.45, 7) is 1.85. The maximum absolute atomic E-state index is 12.0. The Balaban J connectivity index is 1.53. The molecule has 1 atom stereocenters. The maximum atomic E-state index is 12.0. The van der Waals surface area contributed by atoms with Crippen LogP contribution in [0.5, 0.6) is 17.2 Å². The number of rotatable bonds is 8. The highest BCUT2D eigenvalue weighted by atomic mass is 16.5. The van der Waals surface area contributed by atoms with Gasteiger partial charge in [-0.25, -0.2) is 0 Å². The van der Waals surface area contributed by atoms with Crippen molar-refractivity contribution in [3.05, 3.63) is 67.0 Å². The zero-order valence-corrected chi connectivity index (χ0v) is 18.6. The molecule has 1 amide bonds. The molecule has 32 heavy (non-hydrogen) atoms. The summed E-state index contributed by atoms with van der Waals surface area (Å²) in [5.41, 5.74) is 2.70. The molecule has 3 aromatic rings. The molecule has 4 rings (SSSR count). The molecule has 2 heterocycles. The van der Waals surface area contributed by atoms with Crippen LogP contribution in [0.3, 0.4) is 0 Å². The number of likely N-dealkylation sites (N-methyl/N-ethyl adjacent to an activating group) is 1. The van der Waals surface area contributed by atoms with Gasteiger partial charge in [0.2, 0.25) is 6.41 Å². The lowest BCUT2D eigenvalue weighted by Gasteiger charge is -2.30. The summed E-state index contributed by atoms with van der Waals surface area (Å²) in [5, 5.41) is 0. The van der Waals surface area contributed by atoms with Crippen molar-refractivity contribution in [1.29, 1.82) is 0 Å². The lowest BCUT2D eigenvalue weighted by atomic mass is 10.2. The summed E-state index contributed by atoms with van der Waals surface area (Å²) < 4.78 is 11.1. The monoisotopic (exact) mass is 432 g/mol. The van der Waals surface area contributed by atoms with Crippen LogP contribution in [0.1, 0.15) is 6.42 Å². The van der Waals surface area contributed by atoms with Crippen LogP contribution in [0.15, 0.2) is 67.0 Å². The maximum Gasteiger partial charge on any atom is 0.214 e. The van der Waals surface area contributed by atoms with Gasteiger partial charge in [-0.2, -0.15) is 0 Å².